The van der Waals surface area contributed by atoms with Gasteiger partial charge in [0, 0.05) is 18.2 Å². The van der Waals surface area contributed by atoms with Gasteiger partial charge in [-0.2, -0.15) is 13.2 Å². The van der Waals surface area contributed by atoms with Crippen LogP contribution in [0.5, 0.6) is 0 Å². The van der Waals surface area contributed by atoms with E-state index in [1.165, 1.54) is 31.2 Å². The van der Waals surface area contributed by atoms with Gasteiger partial charge in [-0.1, -0.05) is 30.3 Å². The first-order valence-corrected chi connectivity index (χ1v) is 12.9. The van der Waals surface area contributed by atoms with Crippen molar-refractivity contribution in [2.24, 2.45) is 0 Å². The highest BCUT2D eigenvalue weighted by Gasteiger charge is 2.33. The van der Waals surface area contributed by atoms with Crippen molar-refractivity contribution < 1.29 is 30.8 Å². The maximum absolute atomic E-state index is 13.2. The summed E-state index contributed by atoms with van der Waals surface area (Å²) in [6.07, 6.45) is -0.602. The van der Waals surface area contributed by atoms with Crippen molar-refractivity contribution in [1.29, 1.82) is 0 Å². The summed E-state index contributed by atoms with van der Waals surface area (Å²) in [6.45, 7) is 1.41. The molecule has 0 saturated carbocycles. The van der Waals surface area contributed by atoms with Crippen LogP contribution in [0.3, 0.4) is 0 Å². The first-order chi connectivity index (χ1) is 17.3. The number of ketones is 1. The number of aryl methyl sites for hydroxylation is 2. The molecule has 37 heavy (non-hydrogen) atoms. The Kier molecular flexibility index (Phi) is 7.25. The van der Waals surface area contributed by atoms with Crippen molar-refractivity contribution >= 4 is 27.6 Å². The molecule has 0 amide bonds. The smallest absolute Gasteiger partial charge is 0.398 e. The number of anilines is 1. The third kappa shape index (κ3) is 6.26. The monoisotopic (exact) mass is 532 g/mol. The zero-order valence-corrected chi connectivity index (χ0v) is 20.6. The van der Waals surface area contributed by atoms with Crippen LogP contribution >= 0.6 is 0 Å². The zero-order chi connectivity index (χ0) is 27.0. The molecule has 1 aliphatic rings. The van der Waals surface area contributed by atoms with Gasteiger partial charge >= 0.3 is 6.18 Å². The molecule has 0 radical (unpaired) electrons. The highest BCUT2D eigenvalue weighted by Crippen LogP contribution is 2.35. The topological polar surface area (TPSA) is 89.3 Å². The predicted octanol–water partition coefficient (Wildman–Crippen LogP) is 5.53. The lowest BCUT2D eigenvalue weighted by molar-refractivity contribution is -0.137. The van der Waals surface area contributed by atoms with E-state index < -0.39 is 38.5 Å². The van der Waals surface area contributed by atoms with E-state index >= 15 is 0 Å². The first kappa shape index (κ1) is 26.6. The maximum Gasteiger partial charge on any atom is 0.416 e. The molecule has 0 bridgehead atoms. The largest absolute Gasteiger partial charge is 0.416 e. The molecule has 0 spiro atoms. The van der Waals surface area contributed by atoms with Crippen LogP contribution in [-0.2, 0) is 33.8 Å². The summed E-state index contributed by atoms with van der Waals surface area (Å²) < 4.78 is 81.0. The summed E-state index contributed by atoms with van der Waals surface area (Å²) in [5.74, 6) is -0.700. The molecule has 5 nitrogen and oxygen atoms in total. The Hall–Kier alpha value is -3.50. The average molecular weight is 533 g/mol. The van der Waals surface area contributed by atoms with Crippen LogP contribution < -0.4 is 10.5 Å². The maximum atomic E-state index is 13.2. The number of alkyl halides is 3. The Morgan fingerprint density at radius 3 is 2.57 bits per heavy atom. The van der Waals surface area contributed by atoms with E-state index in [9.17, 15) is 30.8 Å². The van der Waals surface area contributed by atoms with Gasteiger partial charge in [-0.05, 0) is 84.0 Å². The molecule has 1 unspecified atom stereocenters. The van der Waals surface area contributed by atoms with E-state index in [-0.39, 0.29) is 23.5 Å². The minimum atomic E-state index is -4.66. The van der Waals surface area contributed by atoms with Crippen LogP contribution in [0, 0.1) is 12.7 Å². The molecule has 0 fully saturated rings. The van der Waals surface area contributed by atoms with Crippen molar-refractivity contribution in [3.8, 4) is 0 Å². The molecule has 1 atom stereocenters. The number of nitrogens with one attached hydrogen (secondary N) is 1. The molecule has 3 aromatic rings. The standard InChI is InChI=1S/C27H24F4N2O3S/c1-16-10-20(27(29,30)31)14-23(11-16)37(35,36)33-26-9-5-18-12-17(3-8-24(18)26)2-7-22(34)13-19-4-6-21(28)15-25(19)32/h2-4,6-8,10-12,14-15,26,33H,5,9,13,32H2,1H3/b7-2+. The van der Waals surface area contributed by atoms with Gasteiger partial charge in [0.2, 0.25) is 10.0 Å². The van der Waals surface area contributed by atoms with Gasteiger partial charge in [-0.15, -0.1) is 0 Å². The fourth-order valence-corrected chi connectivity index (χ4v) is 5.73. The fraction of sp³-hybridized carbons (Fsp3) is 0.222. The van der Waals surface area contributed by atoms with Crippen molar-refractivity contribution in [3.05, 3.63) is 99.9 Å². The second-order valence-electron chi connectivity index (χ2n) is 9.02. The Bertz CT molecular complexity index is 1500. The number of hydrogen-bond donors (Lipinski definition) is 2. The molecule has 3 N–H and O–H groups in total. The van der Waals surface area contributed by atoms with Crippen LogP contribution in [0.25, 0.3) is 6.08 Å². The predicted molar refractivity (Wildman–Crippen MR) is 133 cm³/mol. The van der Waals surface area contributed by atoms with Gasteiger partial charge < -0.3 is 5.73 Å². The van der Waals surface area contributed by atoms with E-state index in [1.807, 2.05) is 6.07 Å². The van der Waals surface area contributed by atoms with Crippen LogP contribution in [-0.4, -0.2) is 14.2 Å². The van der Waals surface area contributed by atoms with E-state index in [0.717, 1.165) is 28.8 Å². The number of benzene rings is 3. The summed E-state index contributed by atoms with van der Waals surface area (Å²) in [5, 5.41) is 0. The number of rotatable bonds is 7. The molecule has 4 rings (SSSR count). The number of fused-ring (bicyclic) bond motifs is 1. The number of allylic oxidation sites excluding steroid dienone is 1. The van der Waals surface area contributed by atoms with Gasteiger partial charge in [-0.3, -0.25) is 4.79 Å². The van der Waals surface area contributed by atoms with Crippen LogP contribution in [0.2, 0.25) is 0 Å². The lowest BCUT2D eigenvalue weighted by Gasteiger charge is -2.16. The molecule has 10 heteroatoms. The minimum absolute atomic E-state index is 0.0203. The van der Waals surface area contributed by atoms with Gasteiger partial charge in [0.1, 0.15) is 5.82 Å². The third-order valence-corrected chi connectivity index (χ3v) is 7.62. The van der Waals surface area contributed by atoms with Gasteiger partial charge in [0.05, 0.1) is 10.5 Å². The van der Waals surface area contributed by atoms with Crippen molar-refractivity contribution in [2.45, 2.75) is 43.3 Å². The summed E-state index contributed by atoms with van der Waals surface area (Å²) in [6, 6.07) is 11.3. The summed E-state index contributed by atoms with van der Waals surface area (Å²) in [4.78, 5) is 11.9. The summed E-state index contributed by atoms with van der Waals surface area (Å²) in [7, 11) is -4.20. The molecule has 0 heterocycles. The van der Waals surface area contributed by atoms with Crippen LogP contribution in [0.15, 0.2) is 65.6 Å². The Balaban J connectivity index is 1.47. The summed E-state index contributed by atoms with van der Waals surface area (Å²) in [5.41, 5.74) is 7.99. The SMILES string of the molecule is Cc1cc(C(F)(F)F)cc(S(=O)(=O)NC2CCc3cc(/C=C/C(=O)Cc4ccc(F)cc4N)ccc32)c1. The van der Waals surface area contributed by atoms with Crippen molar-refractivity contribution in [1.82, 2.24) is 4.72 Å². The minimum Gasteiger partial charge on any atom is -0.398 e. The number of carbonyl (C=O) groups is 1. The number of hydrogen-bond acceptors (Lipinski definition) is 4. The van der Waals surface area contributed by atoms with E-state index in [1.54, 1.807) is 18.2 Å². The van der Waals surface area contributed by atoms with Crippen molar-refractivity contribution in [2.75, 3.05) is 5.73 Å². The zero-order valence-electron chi connectivity index (χ0n) is 19.8. The quantitative estimate of drug-likeness (QED) is 0.238. The van der Waals surface area contributed by atoms with E-state index in [0.29, 0.717) is 24.5 Å². The van der Waals surface area contributed by atoms with Crippen LogP contribution in [0.4, 0.5) is 23.2 Å². The molecule has 0 aliphatic heterocycles. The second kappa shape index (κ2) is 10.1. The van der Waals surface area contributed by atoms with Gasteiger partial charge in [-0.25, -0.2) is 17.5 Å². The van der Waals surface area contributed by atoms with Crippen molar-refractivity contribution in [3.63, 3.8) is 0 Å². The van der Waals surface area contributed by atoms with E-state index in [4.69, 9.17) is 5.73 Å². The first-order valence-electron chi connectivity index (χ1n) is 11.4. The molecule has 3 aromatic carbocycles. The normalized spacial score (nSPS) is 15.8. The highest BCUT2D eigenvalue weighted by atomic mass is 32.2. The molecule has 0 aromatic heterocycles. The number of halogens is 4. The Morgan fingerprint density at radius 1 is 1.11 bits per heavy atom. The average Bonchev–Trinajstić information content (AvgIpc) is 3.20. The molecular weight excluding hydrogens is 508 g/mol. The Morgan fingerprint density at radius 2 is 1.86 bits per heavy atom. The highest BCUT2D eigenvalue weighted by molar-refractivity contribution is 7.89. The van der Waals surface area contributed by atoms with E-state index in [2.05, 4.69) is 4.72 Å². The fourth-order valence-electron chi connectivity index (χ4n) is 4.35. The number of sulfonamides is 1. The number of carbonyl (C=O) groups excluding carboxylic acids is 1. The second-order valence-corrected chi connectivity index (χ2v) is 10.7. The van der Waals surface area contributed by atoms with Crippen LogP contribution in [0.1, 0.15) is 45.8 Å². The van der Waals surface area contributed by atoms with Gasteiger partial charge in [0.25, 0.3) is 0 Å². The molecule has 194 valence electrons. The number of nitrogen functional groups attached to an aromatic ring is 1. The lowest BCUT2D eigenvalue weighted by atomic mass is 10.0. The van der Waals surface area contributed by atoms with Gasteiger partial charge in [0.15, 0.2) is 5.78 Å². The lowest BCUT2D eigenvalue weighted by Crippen LogP contribution is -2.27. The molecule has 1 aliphatic carbocycles. The molecular formula is C27H24F4N2O3S. The summed E-state index contributed by atoms with van der Waals surface area (Å²) >= 11 is 0. The Labute approximate surface area is 212 Å². The third-order valence-electron chi connectivity index (χ3n) is 6.16. The molecule has 0 saturated heterocycles. The number of nitrogens with two attached hydrogens (primary N) is 1.